The van der Waals surface area contributed by atoms with E-state index >= 15 is 0 Å². The van der Waals surface area contributed by atoms with E-state index in [0.717, 1.165) is 31.3 Å². The second-order valence-electron chi connectivity index (χ2n) is 20.5. The average molecular weight is 861 g/mol. The molecule has 0 aromatic heterocycles. The van der Waals surface area contributed by atoms with Crippen molar-refractivity contribution < 1.29 is 76.3 Å². The number of allylic oxidation sites excluding steroid dienone is 1. The maximum Gasteiger partial charge on any atom is 0.397 e. The molecule has 3 aliphatic heterocycles. The van der Waals surface area contributed by atoms with Crippen LogP contribution in [0.1, 0.15) is 113 Å². The smallest absolute Gasteiger partial charge is 0.397 e. The maximum atomic E-state index is 14.3. The third-order valence-electron chi connectivity index (χ3n) is 16.6. The summed E-state index contributed by atoms with van der Waals surface area (Å²) in [5.41, 5.74) is -4.56. The molecule has 0 aromatic carbocycles. The lowest BCUT2D eigenvalue weighted by atomic mass is 9.40. The van der Waals surface area contributed by atoms with Gasteiger partial charge in [-0.15, -0.1) is 0 Å². The van der Waals surface area contributed by atoms with Gasteiger partial charge >= 0.3 is 16.4 Å². The van der Waals surface area contributed by atoms with Crippen molar-refractivity contribution in [2.24, 2.45) is 39.4 Å². The maximum absolute atomic E-state index is 14.3. The van der Waals surface area contributed by atoms with Crippen molar-refractivity contribution in [3.63, 3.8) is 0 Å². The lowest BCUT2D eigenvalue weighted by molar-refractivity contribution is -0.332. The number of aliphatic hydroxyl groups is 6. The Kier molecular flexibility index (Phi) is 12.0. The molecule has 18 atom stereocenters. The largest absolute Gasteiger partial charge is 0.456 e. The van der Waals surface area contributed by atoms with Crippen LogP contribution < -0.4 is 0 Å². The van der Waals surface area contributed by atoms with Crippen molar-refractivity contribution >= 4 is 16.4 Å². The highest BCUT2D eigenvalue weighted by atomic mass is 32.3. The zero-order chi connectivity index (χ0) is 43.5. The third kappa shape index (κ3) is 6.90. The van der Waals surface area contributed by atoms with Crippen LogP contribution in [0.4, 0.5) is 0 Å². The Morgan fingerprint density at radius 3 is 2.29 bits per heavy atom. The second kappa shape index (κ2) is 15.4. The SMILES string of the molecule is CC(C)CCC[C@]1(C)OC(=O)[C@]23[C@@H](O)C=C4[C@@H](CC[C@@H]5C(C)(C)[C@@H](OC[C@@H]6OC[C@@H](OS(=O)(=O)O)[C@H](O)[C@H]6O[C@@H]6O[C@H](C)[C@@H](O)[C@H](O)[C@H]6O)CC[C@]45C)[C@]2(C)CC[C@@]31O. The quantitative estimate of drug-likeness (QED) is 0.0895. The number of hydrogen-bond donors (Lipinski definition) is 7. The molecule has 17 heteroatoms. The van der Waals surface area contributed by atoms with Crippen molar-refractivity contribution in [3.05, 3.63) is 11.6 Å². The predicted molar refractivity (Wildman–Crippen MR) is 208 cm³/mol. The number of cyclic esters (lactones) is 1. The summed E-state index contributed by atoms with van der Waals surface area (Å²) < 4.78 is 67.6. The molecule has 7 aliphatic rings. The van der Waals surface area contributed by atoms with E-state index in [1.165, 1.54) is 6.92 Å². The lowest BCUT2D eigenvalue weighted by Crippen LogP contribution is -2.68. The number of fused-ring (bicyclic) bond motifs is 4. The third-order valence-corrected chi connectivity index (χ3v) is 17.1. The first-order valence-corrected chi connectivity index (χ1v) is 22.9. The molecule has 0 bridgehead atoms. The number of aliphatic hydroxyl groups excluding tert-OH is 5. The van der Waals surface area contributed by atoms with E-state index in [2.05, 4.69) is 45.7 Å². The van der Waals surface area contributed by atoms with Gasteiger partial charge in [0.2, 0.25) is 0 Å². The summed E-state index contributed by atoms with van der Waals surface area (Å²) in [6.07, 6.45) is -6.72. The van der Waals surface area contributed by atoms with E-state index in [4.69, 9.17) is 23.7 Å². The minimum Gasteiger partial charge on any atom is -0.456 e. The summed E-state index contributed by atoms with van der Waals surface area (Å²) in [4.78, 5) is 14.3. The van der Waals surface area contributed by atoms with Gasteiger partial charge in [0.05, 0.1) is 31.5 Å². The molecule has 1 spiro atoms. The summed E-state index contributed by atoms with van der Waals surface area (Å²) in [6.45, 7) is 15.6. The van der Waals surface area contributed by atoms with E-state index < -0.39 is 112 Å². The van der Waals surface area contributed by atoms with Crippen LogP contribution in [0.5, 0.6) is 0 Å². The molecule has 0 radical (unpaired) electrons. The number of esters is 1. The Morgan fingerprint density at radius 1 is 0.932 bits per heavy atom. The van der Waals surface area contributed by atoms with Crippen LogP contribution in [0.2, 0.25) is 0 Å². The molecular weight excluding hydrogens is 793 g/mol. The van der Waals surface area contributed by atoms with Crippen molar-refractivity contribution in [1.29, 1.82) is 0 Å². The van der Waals surface area contributed by atoms with Crippen molar-refractivity contribution in [2.45, 2.75) is 192 Å². The molecule has 7 rings (SSSR count). The minimum absolute atomic E-state index is 0.0624. The molecule has 6 fully saturated rings. The highest BCUT2D eigenvalue weighted by Gasteiger charge is 2.85. The fourth-order valence-corrected chi connectivity index (χ4v) is 13.9. The molecular formula is C42H68O16S. The van der Waals surface area contributed by atoms with Crippen molar-refractivity contribution in [1.82, 2.24) is 0 Å². The molecule has 338 valence electrons. The minimum atomic E-state index is -5.01. The van der Waals surface area contributed by atoms with Gasteiger partial charge in [0, 0.05) is 0 Å². The Balaban J connectivity index is 1.11. The fourth-order valence-electron chi connectivity index (χ4n) is 13.4. The van der Waals surface area contributed by atoms with Gasteiger partial charge in [-0.1, -0.05) is 59.6 Å². The first-order valence-electron chi connectivity index (χ1n) is 21.6. The van der Waals surface area contributed by atoms with Gasteiger partial charge in [-0.25, -0.2) is 4.18 Å². The van der Waals surface area contributed by atoms with Gasteiger partial charge in [0.25, 0.3) is 0 Å². The number of hydrogen-bond acceptors (Lipinski definition) is 15. The molecule has 7 N–H and O–H groups in total. The van der Waals surface area contributed by atoms with E-state index in [1.807, 2.05) is 13.0 Å². The van der Waals surface area contributed by atoms with Crippen molar-refractivity contribution in [2.75, 3.05) is 13.2 Å². The first-order chi connectivity index (χ1) is 27.3. The zero-order valence-corrected chi connectivity index (χ0v) is 36.5. The highest BCUT2D eigenvalue weighted by Crippen LogP contribution is 2.77. The number of carbonyl (C=O) groups excluding carboxylic acids is 1. The summed E-state index contributed by atoms with van der Waals surface area (Å²) in [7, 11) is -5.01. The van der Waals surface area contributed by atoms with Crippen LogP contribution in [0, 0.1) is 39.4 Å². The van der Waals surface area contributed by atoms with Crippen LogP contribution in [0.15, 0.2) is 11.6 Å². The van der Waals surface area contributed by atoms with Crippen LogP contribution in [-0.4, -0.2) is 141 Å². The Hall–Kier alpha value is -1.32. The molecule has 3 heterocycles. The van der Waals surface area contributed by atoms with E-state index in [-0.39, 0.29) is 30.0 Å². The topological polar surface area (TPSA) is 248 Å². The standard InChI is InChI=1S/C42H68O16S/c1-21(2)10-9-14-40(8)41(49)17-16-39(7)23-11-12-27-37(4,5)29(13-15-38(27,6)24(23)18-28(43)42(39,41)36(48)57-40)54-20-26-34(31(45)25(19-53-26)58-59(50,51)52)56-35-33(47)32(46)30(44)22(3)55-35/h18,21-23,25-35,43-47,49H,9-17,19-20H2,1-8H3,(H,50,51,52)/t22-,23-,25-,26+,27-,28+,29+,30-,31+,32+,33-,34+,35+,38-,39+,40+,41+,42-/m1/s1. The number of ether oxygens (including phenoxy) is 5. The second-order valence-corrected chi connectivity index (χ2v) is 21.6. The molecule has 3 saturated carbocycles. The first kappa shape index (κ1) is 45.7. The summed E-state index contributed by atoms with van der Waals surface area (Å²) in [5.74, 6) is -0.0145. The molecule has 59 heavy (non-hydrogen) atoms. The van der Waals surface area contributed by atoms with E-state index in [1.54, 1.807) is 0 Å². The van der Waals surface area contributed by atoms with E-state index in [9.17, 15) is 48.4 Å². The van der Waals surface area contributed by atoms with Gasteiger partial charge in [-0.2, -0.15) is 8.42 Å². The van der Waals surface area contributed by atoms with E-state index in [0.29, 0.717) is 38.0 Å². The Morgan fingerprint density at radius 2 is 1.63 bits per heavy atom. The zero-order valence-electron chi connectivity index (χ0n) is 35.7. The molecule has 0 amide bonds. The van der Waals surface area contributed by atoms with Crippen molar-refractivity contribution in [3.8, 4) is 0 Å². The lowest BCUT2D eigenvalue weighted by Gasteiger charge is -2.64. The highest BCUT2D eigenvalue weighted by molar-refractivity contribution is 7.80. The fraction of sp³-hybridized carbons (Fsp3) is 0.929. The number of carbonyl (C=O) groups is 1. The summed E-state index contributed by atoms with van der Waals surface area (Å²) in [5, 5.41) is 67.7. The summed E-state index contributed by atoms with van der Waals surface area (Å²) in [6, 6.07) is 0. The van der Waals surface area contributed by atoms with Crippen LogP contribution in [0.25, 0.3) is 0 Å². The monoisotopic (exact) mass is 860 g/mol. The summed E-state index contributed by atoms with van der Waals surface area (Å²) >= 11 is 0. The Bertz CT molecular complexity index is 1740. The van der Waals surface area contributed by atoms with Gasteiger partial charge in [0.1, 0.15) is 59.3 Å². The normalized spacial score (nSPS) is 50.7. The van der Waals surface area contributed by atoms with Crippen LogP contribution in [0.3, 0.4) is 0 Å². The molecule has 0 unspecified atom stereocenters. The molecule has 16 nitrogen and oxygen atoms in total. The average Bonchev–Trinajstić information content (AvgIpc) is 3.50. The predicted octanol–water partition coefficient (Wildman–Crippen LogP) is 2.34. The van der Waals surface area contributed by atoms with Gasteiger partial charge in [0.15, 0.2) is 6.29 Å². The molecule has 0 aromatic rings. The van der Waals surface area contributed by atoms with Gasteiger partial charge < -0.3 is 54.3 Å². The molecule has 3 saturated heterocycles. The van der Waals surface area contributed by atoms with Crippen LogP contribution >= 0.6 is 0 Å². The van der Waals surface area contributed by atoms with Gasteiger partial charge in [-0.3, -0.25) is 9.35 Å². The Labute approximate surface area is 347 Å². The van der Waals surface area contributed by atoms with Gasteiger partial charge in [-0.05, 0) is 99.2 Å². The number of rotatable bonds is 11. The van der Waals surface area contributed by atoms with Crippen LogP contribution in [-0.2, 0) is 43.1 Å². The molecule has 4 aliphatic carbocycles.